The summed E-state index contributed by atoms with van der Waals surface area (Å²) in [5.41, 5.74) is 1.60. The molecule has 3 aliphatic rings. The summed E-state index contributed by atoms with van der Waals surface area (Å²) in [7, 11) is 0. The van der Waals surface area contributed by atoms with Gasteiger partial charge in [0.25, 0.3) is 11.8 Å². The van der Waals surface area contributed by atoms with Gasteiger partial charge in [0.15, 0.2) is 0 Å². The lowest BCUT2D eigenvalue weighted by atomic mass is 10.1. The first kappa shape index (κ1) is 22.3. The van der Waals surface area contributed by atoms with Gasteiger partial charge in [-0.25, -0.2) is 4.98 Å². The Bertz CT molecular complexity index is 1090. The zero-order valence-corrected chi connectivity index (χ0v) is 19.4. The highest BCUT2D eigenvalue weighted by atomic mass is 16.5. The molecule has 2 fully saturated rings. The van der Waals surface area contributed by atoms with Crippen LogP contribution in [0.1, 0.15) is 33.3 Å². The smallest absolute Gasteiger partial charge is 0.262 e. The summed E-state index contributed by atoms with van der Waals surface area (Å²) < 4.78 is 5.43. The molecule has 2 saturated heterocycles. The van der Waals surface area contributed by atoms with E-state index < -0.39 is 17.9 Å². The molecule has 0 spiro atoms. The van der Waals surface area contributed by atoms with Crippen molar-refractivity contribution in [3.05, 3.63) is 47.2 Å². The van der Waals surface area contributed by atoms with Crippen molar-refractivity contribution in [1.29, 1.82) is 0 Å². The first-order chi connectivity index (χ1) is 16.4. The summed E-state index contributed by atoms with van der Waals surface area (Å²) in [4.78, 5) is 55.2. The second-order valence-electron chi connectivity index (χ2n) is 8.78. The average Bonchev–Trinajstić information content (AvgIpc) is 3.13. The van der Waals surface area contributed by atoms with Crippen LogP contribution >= 0.6 is 0 Å². The molecular formula is C24H28N6O4. The van der Waals surface area contributed by atoms with Crippen LogP contribution < -0.4 is 9.80 Å². The Morgan fingerprint density at radius 1 is 0.912 bits per heavy atom. The number of anilines is 2. The Balaban J connectivity index is 1.24. The molecule has 0 radical (unpaired) electrons. The molecule has 10 heteroatoms. The minimum Gasteiger partial charge on any atom is -0.378 e. The fourth-order valence-electron chi connectivity index (χ4n) is 4.69. The van der Waals surface area contributed by atoms with Crippen LogP contribution in [0, 0.1) is 6.92 Å². The number of aromatic nitrogens is 2. The maximum Gasteiger partial charge on any atom is 0.262 e. The van der Waals surface area contributed by atoms with Gasteiger partial charge in [-0.15, -0.1) is 0 Å². The number of benzene rings is 1. The molecule has 4 heterocycles. The van der Waals surface area contributed by atoms with Crippen LogP contribution in [-0.2, 0) is 9.53 Å². The lowest BCUT2D eigenvalue weighted by molar-refractivity contribution is -0.135. The van der Waals surface area contributed by atoms with Crippen LogP contribution in [-0.4, -0.2) is 96.0 Å². The normalized spacial score (nSPS) is 19.5. The van der Waals surface area contributed by atoms with E-state index in [9.17, 15) is 14.4 Å². The highest BCUT2D eigenvalue weighted by molar-refractivity contribution is 6.22. The van der Waals surface area contributed by atoms with Crippen LogP contribution in [0.2, 0.25) is 0 Å². The molecule has 1 aromatic heterocycles. The lowest BCUT2D eigenvalue weighted by Gasteiger charge is -2.38. The van der Waals surface area contributed by atoms with Gasteiger partial charge in [0.2, 0.25) is 11.9 Å². The molecule has 0 saturated carbocycles. The third kappa shape index (κ3) is 3.98. The van der Waals surface area contributed by atoms with Crippen molar-refractivity contribution in [3.8, 4) is 0 Å². The summed E-state index contributed by atoms with van der Waals surface area (Å²) in [6, 6.07) is 7.80. The Kier molecular flexibility index (Phi) is 5.91. The van der Waals surface area contributed by atoms with Gasteiger partial charge < -0.3 is 19.4 Å². The summed E-state index contributed by atoms with van der Waals surface area (Å²) in [5, 5.41) is 0. The van der Waals surface area contributed by atoms with E-state index in [0.29, 0.717) is 56.5 Å². The van der Waals surface area contributed by atoms with Gasteiger partial charge in [0, 0.05) is 51.0 Å². The van der Waals surface area contributed by atoms with E-state index >= 15 is 0 Å². The number of carbonyl (C=O) groups excluding carboxylic acids is 3. The highest BCUT2D eigenvalue weighted by Gasteiger charge is 2.42. The van der Waals surface area contributed by atoms with Crippen LogP contribution in [0.15, 0.2) is 30.3 Å². The van der Waals surface area contributed by atoms with E-state index in [0.717, 1.165) is 29.5 Å². The molecule has 34 heavy (non-hydrogen) atoms. The fourth-order valence-corrected chi connectivity index (χ4v) is 4.69. The molecule has 1 aromatic carbocycles. The number of imide groups is 1. The number of nitrogens with zero attached hydrogens (tertiary/aromatic N) is 6. The van der Waals surface area contributed by atoms with Gasteiger partial charge in [-0.2, -0.15) is 4.98 Å². The van der Waals surface area contributed by atoms with E-state index in [2.05, 4.69) is 14.8 Å². The number of hydrogen-bond donors (Lipinski definition) is 0. The average molecular weight is 465 g/mol. The molecule has 0 N–H and O–H groups in total. The monoisotopic (exact) mass is 464 g/mol. The lowest BCUT2D eigenvalue weighted by Crippen LogP contribution is -2.55. The third-order valence-electron chi connectivity index (χ3n) is 6.61. The Morgan fingerprint density at radius 2 is 1.53 bits per heavy atom. The maximum absolute atomic E-state index is 13.2. The van der Waals surface area contributed by atoms with Gasteiger partial charge in [-0.1, -0.05) is 12.1 Å². The number of ether oxygens (including phenoxy) is 1. The molecule has 5 rings (SSSR count). The van der Waals surface area contributed by atoms with Crippen LogP contribution in [0.3, 0.4) is 0 Å². The first-order valence-corrected chi connectivity index (χ1v) is 11.6. The van der Waals surface area contributed by atoms with E-state index in [1.807, 2.05) is 13.0 Å². The third-order valence-corrected chi connectivity index (χ3v) is 6.61. The predicted molar refractivity (Wildman–Crippen MR) is 125 cm³/mol. The molecule has 3 aliphatic heterocycles. The number of hydrogen-bond acceptors (Lipinski definition) is 8. The molecule has 3 amide bonds. The van der Waals surface area contributed by atoms with Gasteiger partial charge in [-0.3, -0.25) is 19.3 Å². The van der Waals surface area contributed by atoms with Crippen molar-refractivity contribution in [2.75, 3.05) is 62.3 Å². The number of fused-ring (bicyclic) bond motifs is 1. The minimum absolute atomic E-state index is 0.220. The largest absolute Gasteiger partial charge is 0.378 e. The summed E-state index contributed by atoms with van der Waals surface area (Å²) in [5.74, 6) is 0.506. The molecule has 2 aromatic rings. The molecule has 178 valence electrons. The summed E-state index contributed by atoms with van der Waals surface area (Å²) >= 11 is 0. The fraction of sp³-hybridized carbons (Fsp3) is 0.458. The number of carbonyl (C=O) groups is 3. The maximum atomic E-state index is 13.2. The first-order valence-electron chi connectivity index (χ1n) is 11.6. The van der Waals surface area contributed by atoms with Crippen molar-refractivity contribution in [2.24, 2.45) is 0 Å². The second-order valence-corrected chi connectivity index (χ2v) is 8.78. The van der Waals surface area contributed by atoms with Gasteiger partial charge in [0.1, 0.15) is 11.9 Å². The van der Waals surface area contributed by atoms with Crippen molar-refractivity contribution >= 4 is 29.5 Å². The van der Waals surface area contributed by atoms with Crippen LogP contribution in [0.4, 0.5) is 11.8 Å². The van der Waals surface area contributed by atoms with E-state index in [1.54, 1.807) is 36.1 Å². The molecule has 1 unspecified atom stereocenters. The van der Waals surface area contributed by atoms with E-state index in [-0.39, 0.29) is 5.91 Å². The quantitative estimate of drug-likeness (QED) is 0.617. The zero-order chi connectivity index (χ0) is 23.8. The summed E-state index contributed by atoms with van der Waals surface area (Å²) in [6.45, 7) is 8.64. The number of morpholine rings is 1. The zero-order valence-electron chi connectivity index (χ0n) is 19.4. The van der Waals surface area contributed by atoms with Crippen molar-refractivity contribution in [1.82, 2.24) is 19.8 Å². The van der Waals surface area contributed by atoms with Crippen molar-refractivity contribution in [2.45, 2.75) is 19.9 Å². The number of rotatable bonds is 4. The molecule has 0 bridgehead atoms. The molecule has 1 atom stereocenters. The second kappa shape index (κ2) is 9.02. The van der Waals surface area contributed by atoms with Crippen LogP contribution in [0.5, 0.6) is 0 Å². The van der Waals surface area contributed by atoms with Gasteiger partial charge in [0.05, 0.1) is 24.3 Å². The van der Waals surface area contributed by atoms with E-state index in [4.69, 9.17) is 9.72 Å². The van der Waals surface area contributed by atoms with Crippen LogP contribution in [0.25, 0.3) is 0 Å². The predicted octanol–water partition coefficient (Wildman–Crippen LogP) is 0.955. The van der Waals surface area contributed by atoms with Crippen molar-refractivity contribution in [3.63, 3.8) is 0 Å². The Morgan fingerprint density at radius 3 is 2.15 bits per heavy atom. The Labute approximate surface area is 198 Å². The molecule has 0 aliphatic carbocycles. The summed E-state index contributed by atoms with van der Waals surface area (Å²) in [6.07, 6.45) is 0. The topological polar surface area (TPSA) is 99.2 Å². The highest BCUT2D eigenvalue weighted by Crippen LogP contribution is 2.26. The molecular weight excluding hydrogens is 436 g/mol. The Hall–Kier alpha value is -3.53. The number of piperazine rings is 1. The van der Waals surface area contributed by atoms with E-state index in [1.165, 1.54) is 0 Å². The standard InChI is InChI=1S/C24H28N6O4/c1-16-15-20(26-24(25-16)29-11-13-34-14-12-29)27-7-9-28(10-8-27)21(31)17(2)30-22(32)18-5-3-4-6-19(18)23(30)33/h3-6,15,17H,7-14H2,1-2H3. The SMILES string of the molecule is Cc1cc(N2CCN(C(=O)C(C)N3C(=O)c4ccccc4C3=O)CC2)nc(N2CCOCC2)n1. The minimum atomic E-state index is -0.854. The molecule has 10 nitrogen and oxygen atoms in total. The van der Waals surface area contributed by atoms with Gasteiger partial charge in [-0.05, 0) is 26.0 Å². The van der Waals surface area contributed by atoms with Crippen molar-refractivity contribution < 1.29 is 19.1 Å². The number of aryl methyl sites for hydroxylation is 1. The van der Waals surface area contributed by atoms with Gasteiger partial charge >= 0.3 is 0 Å². The number of amides is 3.